The van der Waals surface area contributed by atoms with E-state index < -0.39 is 0 Å². The molecule has 96 valence electrons. The summed E-state index contributed by atoms with van der Waals surface area (Å²) in [4.78, 5) is 6.98. The minimum Gasteiger partial charge on any atom is -0.353 e. The normalized spacial score (nSPS) is 19.7. The van der Waals surface area contributed by atoms with Gasteiger partial charge in [0.1, 0.15) is 11.9 Å². The minimum atomic E-state index is 0.541. The molecule has 0 saturated carbocycles. The Morgan fingerprint density at radius 2 is 2.22 bits per heavy atom. The van der Waals surface area contributed by atoms with Crippen molar-refractivity contribution in [3.05, 3.63) is 22.9 Å². The van der Waals surface area contributed by atoms with Crippen molar-refractivity contribution in [2.24, 2.45) is 0 Å². The van der Waals surface area contributed by atoms with Crippen LogP contribution in [-0.4, -0.2) is 17.6 Å². The van der Waals surface area contributed by atoms with Crippen molar-refractivity contribution in [1.82, 2.24) is 4.98 Å². The molecule has 0 spiro atoms. The molecule has 18 heavy (non-hydrogen) atoms. The molecule has 1 unspecified atom stereocenters. The van der Waals surface area contributed by atoms with Crippen LogP contribution in [0.5, 0.6) is 0 Å². The van der Waals surface area contributed by atoms with Gasteiger partial charge in [0.15, 0.2) is 0 Å². The van der Waals surface area contributed by atoms with Crippen LogP contribution in [-0.2, 0) is 0 Å². The molecule has 0 aromatic carbocycles. The standard InChI is InChI=1S/C15H21N3/c1-4-13-7-5-6-8-18(13)15-14(10-16)11(2)9-12(3)17-15/h9,13H,4-8H2,1-3H3. The maximum Gasteiger partial charge on any atom is 0.147 e. The maximum absolute atomic E-state index is 9.36. The monoisotopic (exact) mass is 243 g/mol. The zero-order chi connectivity index (χ0) is 13.1. The fourth-order valence-corrected chi connectivity index (χ4v) is 2.87. The van der Waals surface area contributed by atoms with E-state index in [1.165, 1.54) is 19.3 Å². The SMILES string of the molecule is CCC1CCCCN1c1nc(C)cc(C)c1C#N. The molecule has 0 aliphatic carbocycles. The van der Waals surface area contributed by atoms with Crippen LogP contribution in [0.25, 0.3) is 0 Å². The van der Waals surface area contributed by atoms with E-state index in [0.717, 1.165) is 35.6 Å². The van der Waals surface area contributed by atoms with Crippen LogP contribution in [0, 0.1) is 25.2 Å². The van der Waals surface area contributed by atoms with Gasteiger partial charge in [-0.25, -0.2) is 4.98 Å². The molecule has 1 aromatic heterocycles. The van der Waals surface area contributed by atoms with Crippen LogP contribution in [0.1, 0.15) is 49.4 Å². The van der Waals surface area contributed by atoms with Gasteiger partial charge in [-0.15, -0.1) is 0 Å². The summed E-state index contributed by atoms with van der Waals surface area (Å²) < 4.78 is 0. The van der Waals surface area contributed by atoms with Crippen molar-refractivity contribution >= 4 is 5.82 Å². The number of hydrogen-bond acceptors (Lipinski definition) is 3. The van der Waals surface area contributed by atoms with Gasteiger partial charge in [0.05, 0.1) is 5.56 Å². The smallest absolute Gasteiger partial charge is 0.147 e. The number of nitrogens with zero attached hydrogens (tertiary/aromatic N) is 3. The molecule has 1 aromatic rings. The van der Waals surface area contributed by atoms with E-state index in [4.69, 9.17) is 0 Å². The third-order valence-electron chi connectivity index (χ3n) is 3.81. The first-order valence-electron chi connectivity index (χ1n) is 6.82. The van der Waals surface area contributed by atoms with E-state index in [-0.39, 0.29) is 0 Å². The Morgan fingerprint density at radius 1 is 1.44 bits per heavy atom. The molecule has 0 N–H and O–H groups in total. The average Bonchev–Trinajstić information content (AvgIpc) is 2.38. The summed E-state index contributed by atoms with van der Waals surface area (Å²) >= 11 is 0. The second-order valence-electron chi connectivity index (χ2n) is 5.14. The topological polar surface area (TPSA) is 39.9 Å². The van der Waals surface area contributed by atoms with Crippen LogP contribution in [0.15, 0.2) is 6.07 Å². The predicted molar refractivity (Wildman–Crippen MR) is 73.7 cm³/mol. The summed E-state index contributed by atoms with van der Waals surface area (Å²) in [6.45, 7) is 7.25. The molecule has 1 saturated heterocycles. The molecule has 0 amide bonds. The first-order valence-corrected chi connectivity index (χ1v) is 6.82. The van der Waals surface area contributed by atoms with Crippen molar-refractivity contribution in [2.45, 2.75) is 52.5 Å². The van der Waals surface area contributed by atoms with Crippen molar-refractivity contribution in [3.63, 3.8) is 0 Å². The van der Waals surface area contributed by atoms with Crippen LogP contribution in [0.4, 0.5) is 5.82 Å². The largest absolute Gasteiger partial charge is 0.353 e. The Morgan fingerprint density at radius 3 is 2.89 bits per heavy atom. The van der Waals surface area contributed by atoms with Crippen molar-refractivity contribution in [3.8, 4) is 6.07 Å². The van der Waals surface area contributed by atoms with E-state index in [0.29, 0.717) is 6.04 Å². The molecule has 1 fully saturated rings. The molecule has 1 aliphatic heterocycles. The average molecular weight is 243 g/mol. The van der Waals surface area contributed by atoms with Crippen molar-refractivity contribution in [1.29, 1.82) is 5.26 Å². The van der Waals surface area contributed by atoms with E-state index in [2.05, 4.69) is 22.9 Å². The number of aryl methyl sites for hydroxylation is 2. The quantitative estimate of drug-likeness (QED) is 0.799. The third kappa shape index (κ3) is 2.33. The molecule has 0 bridgehead atoms. The fourth-order valence-electron chi connectivity index (χ4n) is 2.87. The van der Waals surface area contributed by atoms with E-state index in [1.54, 1.807) is 0 Å². The second-order valence-corrected chi connectivity index (χ2v) is 5.14. The Balaban J connectivity index is 2.45. The lowest BCUT2D eigenvalue weighted by Gasteiger charge is -2.37. The van der Waals surface area contributed by atoms with E-state index in [9.17, 15) is 5.26 Å². The van der Waals surface area contributed by atoms with Gasteiger partial charge >= 0.3 is 0 Å². The van der Waals surface area contributed by atoms with E-state index in [1.807, 2.05) is 19.9 Å². The number of anilines is 1. The van der Waals surface area contributed by atoms with Crippen molar-refractivity contribution in [2.75, 3.05) is 11.4 Å². The molecule has 2 heterocycles. The van der Waals surface area contributed by atoms with E-state index >= 15 is 0 Å². The van der Waals surface area contributed by atoms with Gasteiger partial charge < -0.3 is 4.90 Å². The van der Waals surface area contributed by atoms with Gasteiger partial charge in [0.25, 0.3) is 0 Å². The number of rotatable bonds is 2. The summed E-state index contributed by atoms with van der Waals surface area (Å²) in [5, 5.41) is 9.36. The molecule has 1 atom stereocenters. The first kappa shape index (κ1) is 12.9. The van der Waals surface area contributed by atoms with Gasteiger partial charge in [-0.2, -0.15) is 5.26 Å². The lowest BCUT2D eigenvalue weighted by molar-refractivity contribution is 0.446. The first-order chi connectivity index (χ1) is 8.67. The Labute approximate surface area is 109 Å². The molecule has 0 radical (unpaired) electrons. The summed E-state index contributed by atoms with van der Waals surface area (Å²) in [5.41, 5.74) is 2.79. The van der Waals surface area contributed by atoms with Crippen LogP contribution in [0.3, 0.4) is 0 Å². The fraction of sp³-hybridized carbons (Fsp3) is 0.600. The van der Waals surface area contributed by atoms with Gasteiger partial charge in [0.2, 0.25) is 0 Å². The summed E-state index contributed by atoms with van der Waals surface area (Å²) in [6, 6.07) is 4.86. The molecular weight excluding hydrogens is 222 g/mol. The predicted octanol–water partition coefficient (Wildman–Crippen LogP) is 3.34. The summed E-state index contributed by atoms with van der Waals surface area (Å²) in [5.74, 6) is 0.904. The third-order valence-corrected chi connectivity index (χ3v) is 3.81. The molecule has 1 aliphatic rings. The molecule has 2 rings (SSSR count). The second kappa shape index (κ2) is 5.39. The zero-order valence-electron chi connectivity index (χ0n) is 11.5. The van der Waals surface area contributed by atoms with Crippen molar-refractivity contribution < 1.29 is 0 Å². The molecular formula is C15H21N3. The lowest BCUT2D eigenvalue weighted by Crippen LogP contribution is -2.40. The number of pyridine rings is 1. The number of aromatic nitrogens is 1. The zero-order valence-corrected chi connectivity index (χ0v) is 11.5. The number of piperidine rings is 1. The number of nitriles is 1. The Kier molecular flexibility index (Phi) is 3.86. The van der Waals surface area contributed by atoms with Gasteiger partial charge in [-0.3, -0.25) is 0 Å². The lowest BCUT2D eigenvalue weighted by atomic mass is 9.98. The minimum absolute atomic E-state index is 0.541. The highest BCUT2D eigenvalue weighted by Gasteiger charge is 2.25. The maximum atomic E-state index is 9.36. The van der Waals surface area contributed by atoms with Crippen LogP contribution >= 0.6 is 0 Å². The highest BCUT2D eigenvalue weighted by molar-refractivity contribution is 5.58. The summed E-state index contributed by atoms with van der Waals surface area (Å²) in [7, 11) is 0. The number of hydrogen-bond donors (Lipinski definition) is 0. The van der Waals surface area contributed by atoms with Gasteiger partial charge in [-0.05, 0) is 51.2 Å². The van der Waals surface area contributed by atoms with Crippen LogP contribution < -0.4 is 4.90 Å². The Hall–Kier alpha value is -1.56. The molecule has 3 heteroatoms. The van der Waals surface area contributed by atoms with Gasteiger partial charge in [0, 0.05) is 18.3 Å². The Bertz CT molecular complexity index is 473. The highest BCUT2D eigenvalue weighted by atomic mass is 15.2. The summed E-state index contributed by atoms with van der Waals surface area (Å²) in [6.07, 6.45) is 4.84. The van der Waals surface area contributed by atoms with Gasteiger partial charge in [-0.1, -0.05) is 6.92 Å². The highest BCUT2D eigenvalue weighted by Crippen LogP contribution is 2.29. The molecule has 3 nitrogen and oxygen atoms in total. The van der Waals surface area contributed by atoms with Crippen LogP contribution in [0.2, 0.25) is 0 Å².